The summed E-state index contributed by atoms with van der Waals surface area (Å²) >= 11 is 0. The molecule has 0 saturated carbocycles. The molecule has 2 aliphatic rings. The van der Waals surface area contributed by atoms with Crippen molar-refractivity contribution >= 4 is 15.9 Å². The summed E-state index contributed by atoms with van der Waals surface area (Å²) in [6, 6.07) is 3.39. The molecule has 2 saturated heterocycles. The summed E-state index contributed by atoms with van der Waals surface area (Å²) < 4.78 is 51.4. The third-order valence-corrected chi connectivity index (χ3v) is 6.91. The topological polar surface area (TPSA) is 84.9 Å². The second-order valence-electron chi connectivity index (χ2n) is 6.88. The van der Waals surface area contributed by atoms with Gasteiger partial charge in [-0.2, -0.15) is 4.31 Å². The Balaban J connectivity index is 1.69. The fourth-order valence-electron chi connectivity index (χ4n) is 3.53. The van der Waals surface area contributed by atoms with E-state index >= 15 is 0 Å². The van der Waals surface area contributed by atoms with E-state index in [1.54, 1.807) is 0 Å². The van der Waals surface area contributed by atoms with Gasteiger partial charge in [-0.25, -0.2) is 12.8 Å². The highest BCUT2D eigenvalue weighted by atomic mass is 32.2. The van der Waals surface area contributed by atoms with Gasteiger partial charge in [-0.1, -0.05) is 0 Å². The van der Waals surface area contributed by atoms with Crippen LogP contribution in [0, 0.1) is 11.7 Å². The van der Waals surface area contributed by atoms with Crippen molar-refractivity contribution in [2.75, 3.05) is 33.4 Å². The minimum Gasteiger partial charge on any atom is -0.495 e. The average Bonchev–Trinajstić information content (AvgIpc) is 3.19. The molecule has 150 valence electrons. The molecule has 0 spiro atoms. The Kier molecular flexibility index (Phi) is 6.33. The van der Waals surface area contributed by atoms with Gasteiger partial charge in [0.1, 0.15) is 16.5 Å². The Morgan fingerprint density at radius 3 is 2.89 bits per heavy atom. The molecular weight excluding hydrogens is 375 g/mol. The van der Waals surface area contributed by atoms with Crippen LogP contribution in [0.15, 0.2) is 23.1 Å². The van der Waals surface area contributed by atoms with Gasteiger partial charge in [0.25, 0.3) is 0 Å². The van der Waals surface area contributed by atoms with Crippen molar-refractivity contribution in [2.24, 2.45) is 5.92 Å². The molecule has 1 aromatic rings. The van der Waals surface area contributed by atoms with E-state index in [-0.39, 0.29) is 35.7 Å². The number of benzene rings is 1. The number of methoxy groups -OCH3 is 1. The van der Waals surface area contributed by atoms with Crippen LogP contribution in [0.3, 0.4) is 0 Å². The first-order valence-electron chi connectivity index (χ1n) is 9.15. The van der Waals surface area contributed by atoms with Crippen LogP contribution in [-0.2, 0) is 19.6 Å². The highest BCUT2D eigenvalue weighted by Crippen LogP contribution is 2.30. The first-order chi connectivity index (χ1) is 12.9. The Morgan fingerprint density at radius 1 is 1.37 bits per heavy atom. The molecule has 1 amide bonds. The largest absolute Gasteiger partial charge is 0.495 e. The number of ether oxygens (including phenoxy) is 2. The fourth-order valence-corrected chi connectivity index (χ4v) is 5.22. The van der Waals surface area contributed by atoms with Crippen LogP contribution in [0.4, 0.5) is 4.39 Å². The van der Waals surface area contributed by atoms with Gasteiger partial charge in [-0.3, -0.25) is 4.79 Å². The van der Waals surface area contributed by atoms with Gasteiger partial charge in [-0.05, 0) is 43.9 Å². The normalized spacial score (nSPS) is 23.9. The number of hydrogen-bond donors (Lipinski definition) is 1. The van der Waals surface area contributed by atoms with Crippen LogP contribution in [0.25, 0.3) is 0 Å². The lowest BCUT2D eigenvalue weighted by molar-refractivity contribution is -0.126. The van der Waals surface area contributed by atoms with Gasteiger partial charge in [0, 0.05) is 26.2 Å². The van der Waals surface area contributed by atoms with E-state index in [1.807, 2.05) is 0 Å². The van der Waals surface area contributed by atoms with Crippen molar-refractivity contribution in [1.82, 2.24) is 9.62 Å². The summed E-state index contributed by atoms with van der Waals surface area (Å²) in [5.41, 5.74) is 0. The van der Waals surface area contributed by atoms with E-state index in [0.29, 0.717) is 26.0 Å². The molecule has 0 radical (unpaired) electrons. The third-order valence-electron chi connectivity index (χ3n) is 5.03. The van der Waals surface area contributed by atoms with Crippen molar-refractivity contribution in [3.05, 3.63) is 24.0 Å². The minimum absolute atomic E-state index is 0.0360. The van der Waals surface area contributed by atoms with E-state index in [9.17, 15) is 17.6 Å². The Hall–Kier alpha value is -1.71. The number of amides is 1. The number of nitrogens with zero attached hydrogens (tertiary/aromatic N) is 1. The molecule has 1 N–H and O–H groups in total. The van der Waals surface area contributed by atoms with E-state index in [4.69, 9.17) is 9.47 Å². The van der Waals surface area contributed by atoms with Gasteiger partial charge in [0.15, 0.2) is 0 Å². The molecule has 2 aliphatic heterocycles. The van der Waals surface area contributed by atoms with Gasteiger partial charge in [-0.15, -0.1) is 0 Å². The second-order valence-corrected chi connectivity index (χ2v) is 8.78. The predicted molar refractivity (Wildman–Crippen MR) is 96.4 cm³/mol. The third kappa shape index (κ3) is 4.59. The lowest BCUT2D eigenvalue weighted by Crippen LogP contribution is -2.46. The lowest BCUT2D eigenvalue weighted by Gasteiger charge is -2.31. The standard InChI is InChI=1S/C18H25FN2O5S/c1-25-16-7-6-14(19)10-17(16)27(23,24)21-8-2-4-13(12-21)18(22)20-11-15-5-3-9-26-15/h6-7,10,13,15H,2-5,8-9,11-12H2,1H3,(H,20,22)/t13-,15+/m0/s1. The van der Waals surface area contributed by atoms with Crippen molar-refractivity contribution in [3.63, 3.8) is 0 Å². The SMILES string of the molecule is COc1ccc(F)cc1S(=O)(=O)N1CCC[C@H](C(=O)NC[C@H]2CCCO2)C1. The molecule has 0 aromatic heterocycles. The predicted octanol–water partition coefficient (Wildman–Crippen LogP) is 1.53. The van der Waals surface area contributed by atoms with Crippen LogP contribution in [0.1, 0.15) is 25.7 Å². The van der Waals surface area contributed by atoms with Gasteiger partial charge in [0.2, 0.25) is 15.9 Å². The minimum atomic E-state index is -3.96. The summed E-state index contributed by atoms with van der Waals surface area (Å²) in [7, 11) is -2.62. The smallest absolute Gasteiger partial charge is 0.246 e. The second kappa shape index (κ2) is 8.53. The maximum atomic E-state index is 13.6. The number of sulfonamides is 1. The zero-order valence-corrected chi connectivity index (χ0v) is 16.1. The Morgan fingerprint density at radius 2 is 2.19 bits per heavy atom. The number of carbonyl (C=O) groups is 1. The van der Waals surface area contributed by atoms with Crippen LogP contribution in [0.2, 0.25) is 0 Å². The van der Waals surface area contributed by atoms with Crippen LogP contribution in [-0.4, -0.2) is 58.1 Å². The van der Waals surface area contributed by atoms with Crippen molar-refractivity contribution in [2.45, 2.75) is 36.7 Å². The monoisotopic (exact) mass is 400 g/mol. The van der Waals surface area contributed by atoms with E-state index < -0.39 is 21.8 Å². The molecule has 27 heavy (non-hydrogen) atoms. The number of carbonyl (C=O) groups excluding carboxylic acids is 1. The summed E-state index contributed by atoms with van der Waals surface area (Å²) in [5.74, 6) is -1.18. The summed E-state index contributed by atoms with van der Waals surface area (Å²) in [6.45, 7) is 1.52. The molecule has 2 atom stereocenters. The summed E-state index contributed by atoms with van der Waals surface area (Å²) in [4.78, 5) is 12.3. The molecule has 0 aliphatic carbocycles. The molecule has 7 nitrogen and oxygen atoms in total. The molecule has 0 bridgehead atoms. The number of piperidine rings is 1. The zero-order valence-electron chi connectivity index (χ0n) is 15.3. The number of hydrogen-bond acceptors (Lipinski definition) is 5. The summed E-state index contributed by atoms with van der Waals surface area (Å²) in [6.07, 6.45) is 3.13. The molecular formula is C18H25FN2O5S. The molecule has 9 heteroatoms. The van der Waals surface area contributed by atoms with Crippen molar-refractivity contribution < 1.29 is 27.1 Å². The van der Waals surface area contributed by atoms with Gasteiger partial charge in [0.05, 0.1) is 19.1 Å². The Labute approximate surface area is 158 Å². The maximum absolute atomic E-state index is 13.6. The zero-order chi connectivity index (χ0) is 19.4. The summed E-state index contributed by atoms with van der Waals surface area (Å²) in [5, 5.41) is 2.87. The molecule has 2 heterocycles. The highest BCUT2D eigenvalue weighted by molar-refractivity contribution is 7.89. The first kappa shape index (κ1) is 20.0. The fraction of sp³-hybridized carbons (Fsp3) is 0.611. The molecule has 2 fully saturated rings. The van der Waals surface area contributed by atoms with Crippen molar-refractivity contribution in [3.8, 4) is 5.75 Å². The number of halogens is 1. The maximum Gasteiger partial charge on any atom is 0.246 e. The molecule has 3 rings (SSSR count). The van der Waals surface area contributed by atoms with Crippen molar-refractivity contribution in [1.29, 1.82) is 0 Å². The van der Waals surface area contributed by atoms with E-state index in [2.05, 4.69) is 5.32 Å². The van der Waals surface area contributed by atoms with Crippen LogP contribution in [0.5, 0.6) is 5.75 Å². The van der Waals surface area contributed by atoms with E-state index in [0.717, 1.165) is 25.0 Å². The quantitative estimate of drug-likeness (QED) is 0.783. The molecule has 1 aromatic carbocycles. The number of nitrogens with one attached hydrogen (secondary N) is 1. The van der Waals surface area contributed by atoms with Gasteiger partial charge < -0.3 is 14.8 Å². The van der Waals surface area contributed by atoms with Crippen LogP contribution >= 0.6 is 0 Å². The van der Waals surface area contributed by atoms with E-state index in [1.165, 1.54) is 17.5 Å². The highest BCUT2D eigenvalue weighted by Gasteiger charge is 2.35. The average molecular weight is 400 g/mol. The Bertz CT molecular complexity index is 780. The molecule has 0 unspecified atom stereocenters. The first-order valence-corrected chi connectivity index (χ1v) is 10.6. The number of rotatable bonds is 6. The lowest BCUT2D eigenvalue weighted by atomic mass is 9.99. The van der Waals surface area contributed by atoms with Gasteiger partial charge >= 0.3 is 0 Å². The van der Waals surface area contributed by atoms with Crippen LogP contribution < -0.4 is 10.1 Å².